The van der Waals surface area contributed by atoms with E-state index in [0.29, 0.717) is 17.2 Å². The van der Waals surface area contributed by atoms with Crippen LogP contribution in [-0.4, -0.2) is 37.5 Å². The van der Waals surface area contributed by atoms with Crippen LogP contribution < -0.4 is 5.32 Å². The van der Waals surface area contributed by atoms with Crippen molar-refractivity contribution in [1.29, 1.82) is 0 Å². The number of carbonyl (C=O) groups excluding carboxylic acids is 1. The van der Waals surface area contributed by atoms with Crippen molar-refractivity contribution < 1.29 is 4.79 Å². The van der Waals surface area contributed by atoms with Gasteiger partial charge in [-0.25, -0.2) is 0 Å². The van der Waals surface area contributed by atoms with Gasteiger partial charge in [-0.1, -0.05) is 6.07 Å². The molecule has 0 aromatic carbocycles. The molecule has 112 valence electrons. The zero-order valence-electron chi connectivity index (χ0n) is 11.9. The topological polar surface area (TPSA) is 32.3 Å². The second kappa shape index (κ2) is 6.46. The molecule has 1 aliphatic carbocycles. The van der Waals surface area contributed by atoms with E-state index in [9.17, 15) is 4.79 Å². The van der Waals surface area contributed by atoms with Crippen LogP contribution in [0.3, 0.4) is 0 Å². The van der Waals surface area contributed by atoms with Crippen molar-refractivity contribution in [1.82, 2.24) is 10.2 Å². The Balaban J connectivity index is 0.00000147. The Morgan fingerprint density at radius 1 is 1.50 bits per heavy atom. The number of hydrogen-bond donors (Lipinski definition) is 1. The van der Waals surface area contributed by atoms with Gasteiger partial charge in [0.1, 0.15) is 0 Å². The molecule has 1 unspecified atom stereocenters. The molecule has 1 N–H and O–H groups in total. The number of thiophene rings is 1. The van der Waals surface area contributed by atoms with Gasteiger partial charge < -0.3 is 10.2 Å². The summed E-state index contributed by atoms with van der Waals surface area (Å²) < 4.78 is 0. The van der Waals surface area contributed by atoms with Gasteiger partial charge in [0.25, 0.3) is 0 Å². The van der Waals surface area contributed by atoms with E-state index in [1.165, 1.54) is 17.7 Å². The fraction of sp³-hybridized carbons (Fsp3) is 0.667. The second-order valence-corrected chi connectivity index (χ2v) is 6.99. The van der Waals surface area contributed by atoms with Crippen LogP contribution in [0.5, 0.6) is 0 Å². The van der Waals surface area contributed by atoms with Crippen molar-refractivity contribution in [3.8, 4) is 0 Å². The van der Waals surface area contributed by atoms with E-state index in [1.54, 1.807) is 11.3 Å². The van der Waals surface area contributed by atoms with Gasteiger partial charge in [-0.2, -0.15) is 0 Å². The molecule has 1 saturated carbocycles. The fourth-order valence-corrected chi connectivity index (χ4v) is 3.98. The lowest BCUT2D eigenvalue weighted by Gasteiger charge is -2.25. The summed E-state index contributed by atoms with van der Waals surface area (Å²) in [6.07, 6.45) is 4.47. The lowest BCUT2D eigenvalue weighted by molar-refractivity contribution is -0.132. The molecule has 2 heterocycles. The Kier molecular flexibility index (Phi) is 5.10. The molecule has 1 aliphatic heterocycles. The molecule has 1 aromatic heterocycles. The minimum Gasteiger partial charge on any atom is -0.345 e. The van der Waals surface area contributed by atoms with Gasteiger partial charge in [0, 0.05) is 24.4 Å². The zero-order chi connectivity index (χ0) is 13.3. The molecule has 1 atom stereocenters. The Bertz CT molecular complexity index is 443. The summed E-state index contributed by atoms with van der Waals surface area (Å²) in [4.78, 5) is 15.8. The molecular weight excluding hydrogens is 292 g/mol. The number of rotatable bonds is 4. The maximum absolute atomic E-state index is 12.4. The summed E-state index contributed by atoms with van der Waals surface area (Å²) in [6, 6.07) is 4.22. The molecule has 0 radical (unpaired) electrons. The molecule has 1 amide bonds. The van der Waals surface area contributed by atoms with E-state index in [1.807, 2.05) is 11.9 Å². The molecule has 20 heavy (non-hydrogen) atoms. The number of halogens is 1. The summed E-state index contributed by atoms with van der Waals surface area (Å²) in [5.74, 6) is 0.682. The quantitative estimate of drug-likeness (QED) is 0.926. The number of carbonyl (C=O) groups is 1. The Hall–Kier alpha value is -0.580. The smallest absolute Gasteiger partial charge is 0.226 e. The third-order valence-corrected chi connectivity index (χ3v) is 5.67. The van der Waals surface area contributed by atoms with Gasteiger partial charge in [-0.05, 0) is 55.6 Å². The maximum atomic E-state index is 12.4. The molecule has 0 bridgehead atoms. The Morgan fingerprint density at radius 2 is 2.25 bits per heavy atom. The highest BCUT2D eigenvalue weighted by Gasteiger charge is 2.58. The lowest BCUT2D eigenvalue weighted by atomic mass is 9.91. The van der Waals surface area contributed by atoms with Gasteiger partial charge in [0.2, 0.25) is 5.91 Å². The average Bonchev–Trinajstić information content (AvgIpc) is 2.90. The van der Waals surface area contributed by atoms with Crippen LogP contribution in [0.25, 0.3) is 0 Å². The van der Waals surface area contributed by atoms with Gasteiger partial charge in [-0.15, -0.1) is 23.7 Å². The van der Waals surface area contributed by atoms with Crippen LogP contribution in [0.1, 0.15) is 24.1 Å². The standard InChI is InChI=1S/C15H22N2OS.ClH/c1-17(9-4-12-3-2-10-19-12)14(18)13-11-15(13)5-7-16-8-6-15;/h2-3,10,13,16H,4-9,11H2,1H3;1H. The van der Waals surface area contributed by atoms with Crippen molar-refractivity contribution in [2.75, 3.05) is 26.7 Å². The van der Waals surface area contributed by atoms with E-state index >= 15 is 0 Å². The summed E-state index contributed by atoms with van der Waals surface area (Å²) in [7, 11) is 1.96. The van der Waals surface area contributed by atoms with Crippen LogP contribution in [0.4, 0.5) is 0 Å². The minimum atomic E-state index is 0. The largest absolute Gasteiger partial charge is 0.345 e. The van der Waals surface area contributed by atoms with Gasteiger partial charge >= 0.3 is 0 Å². The highest BCUT2D eigenvalue weighted by molar-refractivity contribution is 7.09. The number of likely N-dealkylation sites (N-methyl/N-ethyl adjacent to an activating group) is 1. The van der Waals surface area contributed by atoms with Crippen molar-refractivity contribution in [3.05, 3.63) is 22.4 Å². The normalized spacial score (nSPS) is 23.1. The highest BCUT2D eigenvalue weighted by Crippen LogP contribution is 2.59. The molecule has 1 saturated heterocycles. The van der Waals surface area contributed by atoms with Gasteiger partial charge in [0.05, 0.1) is 0 Å². The molecule has 1 aromatic rings. The second-order valence-electron chi connectivity index (χ2n) is 5.96. The monoisotopic (exact) mass is 314 g/mol. The lowest BCUT2D eigenvalue weighted by Crippen LogP contribution is -2.35. The first kappa shape index (κ1) is 15.8. The summed E-state index contributed by atoms with van der Waals surface area (Å²) in [5, 5.41) is 5.49. The van der Waals surface area contributed by atoms with Crippen LogP contribution in [0.15, 0.2) is 17.5 Å². The third kappa shape index (κ3) is 3.18. The molecule has 1 spiro atoms. The number of hydrogen-bond acceptors (Lipinski definition) is 3. The number of piperidine rings is 1. The predicted octanol–water partition coefficient (Wildman–Crippen LogP) is 2.56. The first-order chi connectivity index (χ1) is 9.21. The summed E-state index contributed by atoms with van der Waals surface area (Å²) in [6.45, 7) is 3.02. The summed E-state index contributed by atoms with van der Waals surface area (Å²) in [5.41, 5.74) is 0.361. The molecule has 2 fully saturated rings. The molecule has 5 heteroatoms. The SMILES string of the molecule is CN(CCc1cccs1)C(=O)C1CC12CCNCC2.Cl. The Labute approximate surface area is 131 Å². The van der Waals surface area contributed by atoms with Gasteiger partial charge in [-0.3, -0.25) is 4.79 Å². The van der Waals surface area contributed by atoms with Crippen molar-refractivity contribution >= 4 is 29.7 Å². The van der Waals surface area contributed by atoms with E-state index in [0.717, 1.165) is 32.5 Å². The van der Waals surface area contributed by atoms with Crippen LogP contribution >= 0.6 is 23.7 Å². The van der Waals surface area contributed by atoms with Crippen molar-refractivity contribution in [3.63, 3.8) is 0 Å². The molecule has 2 aliphatic rings. The molecule has 3 nitrogen and oxygen atoms in total. The fourth-order valence-electron chi connectivity index (χ4n) is 3.28. The third-order valence-electron chi connectivity index (χ3n) is 4.74. The van der Waals surface area contributed by atoms with Crippen molar-refractivity contribution in [2.45, 2.75) is 25.7 Å². The first-order valence-corrected chi connectivity index (χ1v) is 8.07. The molecular formula is C15H23ClN2OS. The van der Waals surface area contributed by atoms with Crippen LogP contribution in [-0.2, 0) is 11.2 Å². The highest BCUT2D eigenvalue weighted by atomic mass is 35.5. The van der Waals surface area contributed by atoms with Crippen molar-refractivity contribution in [2.24, 2.45) is 11.3 Å². The van der Waals surface area contributed by atoms with Crippen LogP contribution in [0.2, 0.25) is 0 Å². The van der Waals surface area contributed by atoms with Crippen LogP contribution in [0, 0.1) is 11.3 Å². The first-order valence-electron chi connectivity index (χ1n) is 7.19. The van der Waals surface area contributed by atoms with E-state index in [2.05, 4.69) is 22.8 Å². The summed E-state index contributed by atoms with van der Waals surface area (Å²) >= 11 is 1.78. The average molecular weight is 315 g/mol. The predicted molar refractivity (Wildman–Crippen MR) is 85.6 cm³/mol. The molecule has 3 rings (SSSR count). The zero-order valence-corrected chi connectivity index (χ0v) is 13.6. The minimum absolute atomic E-state index is 0. The van der Waals surface area contributed by atoms with E-state index < -0.39 is 0 Å². The van der Waals surface area contributed by atoms with E-state index in [4.69, 9.17) is 0 Å². The number of nitrogens with one attached hydrogen (secondary N) is 1. The van der Waals surface area contributed by atoms with Gasteiger partial charge in [0.15, 0.2) is 0 Å². The van der Waals surface area contributed by atoms with E-state index in [-0.39, 0.29) is 12.4 Å². The number of amides is 1. The maximum Gasteiger partial charge on any atom is 0.226 e. The number of nitrogens with zero attached hydrogens (tertiary/aromatic N) is 1. The Morgan fingerprint density at radius 3 is 2.90 bits per heavy atom.